The third-order valence-corrected chi connectivity index (χ3v) is 8.22. The molecule has 5 rings (SSSR count). The minimum atomic E-state index is -0.427. The summed E-state index contributed by atoms with van der Waals surface area (Å²) in [6.45, 7) is 4.18. The summed E-state index contributed by atoms with van der Waals surface area (Å²) in [4.78, 5) is 29.2. The number of amides is 1. The van der Waals surface area contributed by atoms with E-state index < -0.39 is 11.6 Å². The molecule has 0 radical (unpaired) electrons. The standard InChI is InChI=1S/C33H37F2N3O3/c1-22-31-27(34)14-15-28(35)33(31)38(18-5-19-41-2)32(22)26-7-4-17-37(21-26)30(40)8-3-6-23-9-11-24(12-10-23)25-13-16-29(39)36-20-25/h9-16,20,26H,3-8,17-19,21H2,1-2H3,(H,36,39). The molecule has 1 atom stereocenters. The molecule has 0 saturated carbocycles. The van der Waals surface area contributed by atoms with Gasteiger partial charge in [0.05, 0.1) is 5.52 Å². The topological polar surface area (TPSA) is 67.3 Å². The lowest BCUT2D eigenvalue weighted by atomic mass is 9.91. The number of piperidine rings is 1. The van der Waals surface area contributed by atoms with Gasteiger partial charge < -0.3 is 19.2 Å². The highest BCUT2D eigenvalue weighted by Gasteiger charge is 2.30. The number of pyridine rings is 1. The monoisotopic (exact) mass is 561 g/mol. The van der Waals surface area contributed by atoms with Crippen LogP contribution in [0.15, 0.2) is 59.5 Å². The number of hydrogen-bond acceptors (Lipinski definition) is 3. The Morgan fingerprint density at radius 3 is 2.51 bits per heavy atom. The summed E-state index contributed by atoms with van der Waals surface area (Å²) < 4.78 is 37.1. The fourth-order valence-corrected chi connectivity index (χ4v) is 6.22. The second-order valence-corrected chi connectivity index (χ2v) is 10.9. The SMILES string of the molecule is COCCCn1c(C2CCCN(C(=O)CCCc3ccc(-c4ccc(=O)[nH]c4)cc3)C2)c(C)c2c(F)ccc(F)c21. The number of aryl methyl sites for hydroxylation is 3. The zero-order chi connectivity index (χ0) is 28.9. The summed E-state index contributed by atoms with van der Waals surface area (Å²) in [5.41, 5.74) is 5.00. The molecule has 0 bridgehead atoms. The Hall–Kier alpha value is -3.78. The van der Waals surface area contributed by atoms with E-state index in [2.05, 4.69) is 17.1 Å². The van der Waals surface area contributed by atoms with Gasteiger partial charge in [0, 0.05) is 69.0 Å². The molecule has 2 aromatic heterocycles. The first-order valence-electron chi connectivity index (χ1n) is 14.4. The first-order valence-corrected chi connectivity index (χ1v) is 14.4. The Balaban J connectivity index is 1.25. The van der Waals surface area contributed by atoms with Crippen molar-refractivity contribution in [2.45, 2.75) is 57.9 Å². The van der Waals surface area contributed by atoms with Crippen LogP contribution in [0.5, 0.6) is 0 Å². The number of nitrogens with one attached hydrogen (secondary N) is 1. The molecule has 1 N–H and O–H groups in total. The number of H-pyrrole nitrogens is 1. The van der Waals surface area contributed by atoms with Crippen LogP contribution in [0.25, 0.3) is 22.0 Å². The van der Waals surface area contributed by atoms with E-state index in [1.807, 2.05) is 28.5 Å². The number of benzene rings is 2. The predicted molar refractivity (Wildman–Crippen MR) is 157 cm³/mol. The summed E-state index contributed by atoms with van der Waals surface area (Å²) in [5.74, 6) is -0.705. The second-order valence-electron chi connectivity index (χ2n) is 10.9. The van der Waals surface area contributed by atoms with Crippen molar-refractivity contribution >= 4 is 16.8 Å². The number of methoxy groups -OCH3 is 1. The highest BCUT2D eigenvalue weighted by molar-refractivity contribution is 5.87. The quantitative estimate of drug-likeness (QED) is 0.230. The average Bonchev–Trinajstić information content (AvgIpc) is 3.29. The van der Waals surface area contributed by atoms with Crippen LogP contribution < -0.4 is 5.56 Å². The zero-order valence-corrected chi connectivity index (χ0v) is 23.7. The fraction of sp³-hybridized carbons (Fsp3) is 0.394. The number of likely N-dealkylation sites (tertiary alicyclic amines) is 1. The summed E-state index contributed by atoms with van der Waals surface area (Å²) in [5, 5.41) is 0.340. The minimum absolute atomic E-state index is 0.0157. The summed E-state index contributed by atoms with van der Waals surface area (Å²) in [7, 11) is 1.63. The van der Waals surface area contributed by atoms with Crippen LogP contribution in [0.1, 0.15) is 54.8 Å². The Bertz CT molecular complexity index is 1560. The van der Waals surface area contributed by atoms with Crippen LogP contribution in [-0.4, -0.2) is 47.2 Å². The van der Waals surface area contributed by atoms with Crippen molar-refractivity contribution in [1.82, 2.24) is 14.5 Å². The van der Waals surface area contributed by atoms with Gasteiger partial charge in [-0.3, -0.25) is 9.59 Å². The molecule has 2 aromatic carbocycles. The van der Waals surface area contributed by atoms with Crippen molar-refractivity contribution in [3.8, 4) is 11.1 Å². The number of fused-ring (bicyclic) bond motifs is 1. The Morgan fingerprint density at radius 2 is 1.78 bits per heavy atom. The maximum Gasteiger partial charge on any atom is 0.247 e. The van der Waals surface area contributed by atoms with Gasteiger partial charge in [-0.15, -0.1) is 0 Å². The first-order chi connectivity index (χ1) is 19.9. The Labute approximate surface area is 238 Å². The van der Waals surface area contributed by atoms with E-state index in [0.29, 0.717) is 50.0 Å². The van der Waals surface area contributed by atoms with Gasteiger partial charge in [0.15, 0.2) is 0 Å². The molecule has 0 spiro atoms. The number of aromatic amines is 1. The van der Waals surface area contributed by atoms with E-state index in [1.165, 1.54) is 18.2 Å². The van der Waals surface area contributed by atoms with Gasteiger partial charge in [0.25, 0.3) is 0 Å². The number of ether oxygens (including phenoxy) is 1. The van der Waals surface area contributed by atoms with Crippen molar-refractivity contribution in [1.29, 1.82) is 0 Å². The van der Waals surface area contributed by atoms with Crippen LogP contribution in [0.4, 0.5) is 8.78 Å². The van der Waals surface area contributed by atoms with Gasteiger partial charge in [0.2, 0.25) is 11.5 Å². The molecule has 1 amide bonds. The lowest BCUT2D eigenvalue weighted by molar-refractivity contribution is -0.132. The molecule has 41 heavy (non-hydrogen) atoms. The summed E-state index contributed by atoms with van der Waals surface area (Å²) in [6, 6.07) is 13.9. The highest BCUT2D eigenvalue weighted by Crippen LogP contribution is 2.38. The van der Waals surface area contributed by atoms with E-state index in [1.54, 1.807) is 19.4 Å². The summed E-state index contributed by atoms with van der Waals surface area (Å²) >= 11 is 0. The average molecular weight is 562 g/mol. The van der Waals surface area contributed by atoms with Gasteiger partial charge in [-0.05, 0) is 79.5 Å². The Morgan fingerprint density at radius 1 is 1.02 bits per heavy atom. The molecular formula is C33H37F2N3O3. The third kappa shape index (κ3) is 6.27. The van der Waals surface area contributed by atoms with E-state index in [0.717, 1.165) is 53.6 Å². The number of hydrogen-bond donors (Lipinski definition) is 1. The first kappa shape index (κ1) is 28.7. The predicted octanol–water partition coefficient (Wildman–Crippen LogP) is 6.35. The van der Waals surface area contributed by atoms with E-state index >= 15 is 4.39 Å². The van der Waals surface area contributed by atoms with Gasteiger partial charge in [-0.25, -0.2) is 8.78 Å². The van der Waals surface area contributed by atoms with Crippen molar-refractivity contribution in [3.05, 3.63) is 93.5 Å². The summed E-state index contributed by atoms with van der Waals surface area (Å²) in [6.07, 6.45) is 6.10. The van der Waals surface area contributed by atoms with Crippen LogP contribution in [0.2, 0.25) is 0 Å². The van der Waals surface area contributed by atoms with Gasteiger partial charge in [0.1, 0.15) is 11.6 Å². The molecule has 1 aliphatic rings. The molecule has 1 fully saturated rings. The molecule has 4 aromatic rings. The second kappa shape index (κ2) is 12.8. The zero-order valence-electron chi connectivity index (χ0n) is 23.7. The molecule has 1 aliphatic heterocycles. The number of carbonyl (C=O) groups is 1. The molecule has 6 nitrogen and oxygen atoms in total. The van der Waals surface area contributed by atoms with Crippen molar-refractivity contribution in [2.24, 2.45) is 0 Å². The number of carbonyl (C=O) groups excluding carboxylic acids is 1. The fourth-order valence-electron chi connectivity index (χ4n) is 6.22. The van der Waals surface area contributed by atoms with Gasteiger partial charge >= 0.3 is 0 Å². The molecular weight excluding hydrogens is 524 g/mol. The van der Waals surface area contributed by atoms with Crippen molar-refractivity contribution < 1.29 is 18.3 Å². The minimum Gasteiger partial charge on any atom is -0.385 e. The van der Waals surface area contributed by atoms with E-state index in [4.69, 9.17) is 4.74 Å². The number of aromatic nitrogens is 2. The van der Waals surface area contributed by atoms with Gasteiger partial charge in [-0.2, -0.15) is 0 Å². The molecule has 1 saturated heterocycles. The van der Waals surface area contributed by atoms with Gasteiger partial charge in [-0.1, -0.05) is 24.3 Å². The number of nitrogens with zero attached hydrogens (tertiary/aromatic N) is 2. The normalized spacial score (nSPS) is 15.5. The highest BCUT2D eigenvalue weighted by atomic mass is 19.1. The largest absolute Gasteiger partial charge is 0.385 e. The smallest absolute Gasteiger partial charge is 0.247 e. The molecule has 3 heterocycles. The van der Waals surface area contributed by atoms with Crippen LogP contribution in [0, 0.1) is 18.6 Å². The molecule has 1 unspecified atom stereocenters. The van der Waals surface area contributed by atoms with E-state index in [-0.39, 0.29) is 17.4 Å². The van der Waals surface area contributed by atoms with Crippen molar-refractivity contribution in [3.63, 3.8) is 0 Å². The van der Waals surface area contributed by atoms with Crippen LogP contribution in [0.3, 0.4) is 0 Å². The Kier molecular flexibility index (Phi) is 8.98. The third-order valence-electron chi connectivity index (χ3n) is 8.22. The molecule has 0 aliphatic carbocycles. The maximum absolute atomic E-state index is 15.0. The number of halogens is 2. The van der Waals surface area contributed by atoms with E-state index in [9.17, 15) is 14.0 Å². The lowest BCUT2D eigenvalue weighted by Crippen LogP contribution is -2.39. The van der Waals surface area contributed by atoms with Crippen LogP contribution in [-0.2, 0) is 22.5 Å². The van der Waals surface area contributed by atoms with Crippen LogP contribution >= 0.6 is 0 Å². The van der Waals surface area contributed by atoms with Crippen molar-refractivity contribution in [2.75, 3.05) is 26.8 Å². The molecule has 216 valence electrons. The lowest BCUT2D eigenvalue weighted by Gasteiger charge is -2.34. The maximum atomic E-state index is 15.0. The molecule has 8 heteroatoms. The number of rotatable bonds is 10.